The van der Waals surface area contributed by atoms with E-state index in [4.69, 9.17) is 5.73 Å². The first-order valence-electron chi connectivity index (χ1n) is 6.80. The number of aliphatic hydroxyl groups is 1. The molecule has 0 spiro atoms. The summed E-state index contributed by atoms with van der Waals surface area (Å²) < 4.78 is 0. The molecule has 1 unspecified atom stereocenters. The van der Waals surface area contributed by atoms with Crippen LogP contribution in [0.2, 0.25) is 0 Å². The first-order chi connectivity index (χ1) is 8.62. The fraction of sp³-hybridized carbons (Fsp3) is 0.600. The summed E-state index contributed by atoms with van der Waals surface area (Å²) in [5.74, 6) is 0.342. The van der Waals surface area contributed by atoms with E-state index in [-0.39, 0.29) is 0 Å². The molecule has 0 saturated carbocycles. The Morgan fingerprint density at radius 1 is 1.28 bits per heavy atom. The molecule has 0 aromatic heterocycles. The van der Waals surface area contributed by atoms with E-state index < -0.39 is 5.60 Å². The van der Waals surface area contributed by atoms with Crippen LogP contribution in [0.25, 0.3) is 0 Å². The third kappa shape index (κ3) is 3.31. The first-order valence-corrected chi connectivity index (χ1v) is 6.80. The van der Waals surface area contributed by atoms with Crippen LogP contribution in [-0.2, 0) is 6.54 Å². The van der Waals surface area contributed by atoms with Crippen LogP contribution in [0.4, 0.5) is 0 Å². The van der Waals surface area contributed by atoms with Gasteiger partial charge in [0.1, 0.15) is 0 Å². The molecule has 1 saturated heterocycles. The topological polar surface area (TPSA) is 49.5 Å². The summed E-state index contributed by atoms with van der Waals surface area (Å²) in [4.78, 5) is 2.46. The molecular weight excluding hydrogens is 224 g/mol. The van der Waals surface area contributed by atoms with E-state index in [2.05, 4.69) is 29.2 Å². The molecular formula is C15H24N2O. The van der Waals surface area contributed by atoms with Gasteiger partial charge in [0.2, 0.25) is 0 Å². The van der Waals surface area contributed by atoms with Crippen LogP contribution >= 0.6 is 0 Å². The monoisotopic (exact) mass is 248 g/mol. The Kier molecular flexibility index (Phi) is 4.38. The summed E-state index contributed by atoms with van der Waals surface area (Å²) in [7, 11) is 0. The number of benzene rings is 1. The second-order valence-corrected chi connectivity index (χ2v) is 5.60. The average molecular weight is 248 g/mol. The van der Waals surface area contributed by atoms with Gasteiger partial charge in [-0.15, -0.1) is 0 Å². The maximum atomic E-state index is 10.2. The average Bonchev–Trinajstić information content (AvgIpc) is 2.40. The molecule has 1 aliphatic rings. The zero-order valence-electron chi connectivity index (χ0n) is 11.2. The van der Waals surface area contributed by atoms with Gasteiger partial charge in [-0.05, 0) is 44.3 Å². The zero-order chi connectivity index (χ0) is 13.0. The molecule has 18 heavy (non-hydrogen) atoms. The SMILES string of the molecule is CC(O)(CN)C1CCN(Cc2ccccc2)CC1. The molecule has 0 aliphatic carbocycles. The molecule has 1 atom stereocenters. The minimum Gasteiger partial charge on any atom is -0.389 e. The lowest BCUT2D eigenvalue weighted by molar-refractivity contribution is -0.0214. The third-order valence-electron chi connectivity index (χ3n) is 4.13. The Morgan fingerprint density at radius 3 is 2.44 bits per heavy atom. The standard InChI is InChI=1S/C15H24N2O/c1-15(18,12-16)14-7-9-17(10-8-14)11-13-5-3-2-4-6-13/h2-6,14,18H,7-12,16H2,1H3. The summed E-state index contributed by atoms with van der Waals surface area (Å²) in [5, 5.41) is 10.2. The largest absolute Gasteiger partial charge is 0.389 e. The van der Waals surface area contributed by atoms with Gasteiger partial charge in [-0.3, -0.25) is 4.90 Å². The highest BCUT2D eigenvalue weighted by Gasteiger charge is 2.33. The highest BCUT2D eigenvalue weighted by molar-refractivity contribution is 5.14. The number of hydrogen-bond acceptors (Lipinski definition) is 3. The number of likely N-dealkylation sites (tertiary alicyclic amines) is 1. The number of nitrogens with two attached hydrogens (primary N) is 1. The Hall–Kier alpha value is -0.900. The normalized spacial score (nSPS) is 21.7. The maximum Gasteiger partial charge on any atom is 0.0770 e. The van der Waals surface area contributed by atoms with Crippen LogP contribution in [0.3, 0.4) is 0 Å². The molecule has 0 amide bonds. The molecule has 3 nitrogen and oxygen atoms in total. The van der Waals surface area contributed by atoms with Gasteiger partial charge in [0.15, 0.2) is 0 Å². The molecule has 1 fully saturated rings. The molecule has 3 N–H and O–H groups in total. The van der Waals surface area contributed by atoms with Crippen molar-refractivity contribution in [2.24, 2.45) is 11.7 Å². The Labute approximate surface area is 110 Å². The van der Waals surface area contributed by atoms with Gasteiger partial charge in [-0.1, -0.05) is 30.3 Å². The number of hydrogen-bond donors (Lipinski definition) is 2. The predicted molar refractivity (Wildman–Crippen MR) is 74.1 cm³/mol. The van der Waals surface area contributed by atoms with Gasteiger partial charge < -0.3 is 10.8 Å². The first kappa shape index (κ1) is 13.5. The van der Waals surface area contributed by atoms with E-state index >= 15 is 0 Å². The molecule has 100 valence electrons. The number of nitrogens with zero attached hydrogens (tertiary/aromatic N) is 1. The summed E-state index contributed by atoms with van der Waals surface area (Å²) in [5.41, 5.74) is 6.30. The second kappa shape index (κ2) is 5.83. The quantitative estimate of drug-likeness (QED) is 0.851. The summed E-state index contributed by atoms with van der Waals surface area (Å²) >= 11 is 0. The molecule has 0 radical (unpaired) electrons. The molecule has 1 aliphatic heterocycles. The van der Waals surface area contributed by atoms with Crippen LogP contribution in [0.15, 0.2) is 30.3 Å². The van der Waals surface area contributed by atoms with Crippen molar-refractivity contribution in [2.75, 3.05) is 19.6 Å². The van der Waals surface area contributed by atoms with Crippen LogP contribution < -0.4 is 5.73 Å². The van der Waals surface area contributed by atoms with Gasteiger partial charge in [0.25, 0.3) is 0 Å². The van der Waals surface area contributed by atoms with Crippen LogP contribution in [0.1, 0.15) is 25.3 Å². The second-order valence-electron chi connectivity index (χ2n) is 5.60. The van der Waals surface area contributed by atoms with Gasteiger partial charge in [-0.25, -0.2) is 0 Å². The van der Waals surface area contributed by atoms with E-state index in [1.165, 1.54) is 5.56 Å². The van der Waals surface area contributed by atoms with Crippen LogP contribution in [-0.4, -0.2) is 35.2 Å². The fourth-order valence-corrected chi connectivity index (χ4v) is 2.72. The lowest BCUT2D eigenvalue weighted by atomic mass is 9.82. The van der Waals surface area contributed by atoms with Crippen LogP contribution in [0.5, 0.6) is 0 Å². The summed E-state index contributed by atoms with van der Waals surface area (Å²) in [6.45, 7) is 5.34. The minimum atomic E-state index is -0.696. The van der Waals surface area contributed by atoms with Gasteiger partial charge in [0.05, 0.1) is 5.60 Å². The molecule has 1 aromatic rings. The molecule has 1 heterocycles. The van der Waals surface area contributed by atoms with Crippen molar-refractivity contribution in [1.82, 2.24) is 4.90 Å². The molecule has 1 aromatic carbocycles. The van der Waals surface area contributed by atoms with Gasteiger partial charge >= 0.3 is 0 Å². The van der Waals surface area contributed by atoms with Crippen molar-refractivity contribution < 1.29 is 5.11 Å². The van der Waals surface area contributed by atoms with Gasteiger partial charge in [-0.2, -0.15) is 0 Å². The van der Waals surface area contributed by atoms with E-state index in [1.54, 1.807) is 0 Å². The lowest BCUT2D eigenvalue weighted by Gasteiger charge is -2.39. The molecule has 2 rings (SSSR count). The lowest BCUT2D eigenvalue weighted by Crippen LogP contribution is -2.47. The summed E-state index contributed by atoms with van der Waals surface area (Å²) in [6, 6.07) is 10.6. The smallest absolute Gasteiger partial charge is 0.0770 e. The van der Waals surface area contributed by atoms with Crippen molar-refractivity contribution in [1.29, 1.82) is 0 Å². The highest BCUT2D eigenvalue weighted by Crippen LogP contribution is 2.28. The number of rotatable bonds is 4. The predicted octanol–water partition coefficient (Wildman–Crippen LogP) is 1.61. The highest BCUT2D eigenvalue weighted by atomic mass is 16.3. The van der Waals surface area contributed by atoms with Crippen molar-refractivity contribution in [3.05, 3.63) is 35.9 Å². The molecule has 3 heteroatoms. The van der Waals surface area contributed by atoms with E-state index in [0.29, 0.717) is 12.5 Å². The number of piperidine rings is 1. The van der Waals surface area contributed by atoms with Crippen molar-refractivity contribution >= 4 is 0 Å². The van der Waals surface area contributed by atoms with Gasteiger partial charge in [0, 0.05) is 13.1 Å². The third-order valence-corrected chi connectivity index (χ3v) is 4.13. The van der Waals surface area contributed by atoms with Crippen molar-refractivity contribution in [3.8, 4) is 0 Å². The van der Waals surface area contributed by atoms with E-state index in [0.717, 1.165) is 32.5 Å². The van der Waals surface area contributed by atoms with E-state index in [9.17, 15) is 5.11 Å². The van der Waals surface area contributed by atoms with E-state index in [1.807, 2.05) is 13.0 Å². The Morgan fingerprint density at radius 2 is 1.89 bits per heavy atom. The fourth-order valence-electron chi connectivity index (χ4n) is 2.72. The maximum absolute atomic E-state index is 10.2. The van der Waals surface area contributed by atoms with Crippen molar-refractivity contribution in [3.63, 3.8) is 0 Å². The summed E-state index contributed by atoms with van der Waals surface area (Å²) in [6.07, 6.45) is 2.08. The van der Waals surface area contributed by atoms with Crippen LogP contribution in [0, 0.1) is 5.92 Å². The molecule has 0 bridgehead atoms. The Balaban J connectivity index is 1.84. The zero-order valence-corrected chi connectivity index (χ0v) is 11.2. The Bertz CT molecular complexity index is 356. The minimum absolute atomic E-state index is 0.342. The van der Waals surface area contributed by atoms with Crippen molar-refractivity contribution in [2.45, 2.75) is 31.9 Å².